The Morgan fingerprint density at radius 2 is 1.80 bits per heavy atom. The van der Waals surface area contributed by atoms with Gasteiger partial charge in [-0.1, -0.05) is 42.1 Å². The minimum absolute atomic E-state index is 0.0170. The van der Waals surface area contributed by atoms with E-state index in [2.05, 4.69) is 15.5 Å². The number of rotatable bonds is 9. The number of ketones is 1. The number of Topliss-reactive ketones (excluding diaryl/α,β-unsaturated/α-hetero) is 1. The average Bonchev–Trinajstić information content (AvgIpc) is 3.16. The average molecular weight is 426 g/mol. The van der Waals surface area contributed by atoms with Gasteiger partial charge >= 0.3 is 0 Å². The Kier molecular flexibility index (Phi) is 7.21. The Balaban J connectivity index is 1.66. The number of aliphatic hydroxyl groups excluding tert-OH is 1. The lowest BCUT2D eigenvalue weighted by Gasteiger charge is -2.16. The van der Waals surface area contributed by atoms with Crippen LogP contribution in [0.1, 0.15) is 32.6 Å². The van der Waals surface area contributed by atoms with E-state index in [1.165, 1.54) is 11.8 Å². The maximum absolute atomic E-state index is 12.5. The van der Waals surface area contributed by atoms with E-state index < -0.39 is 6.04 Å². The fourth-order valence-corrected chi connectivity index (χ4v) is 3.58. The maximum atomic E-state index is 12.5. The molecular weight excluding hydrogens is 404 g/mol. The van der Waals surface area contributed by atoms with Gasteiger partial charge in [-0.3, -0.25) is 9.59 Å². The predicted octanol–water partition coefficient (Wildman–Crippen LogP) is 2.26. The van der Waals surface area contributed by atoms with Gasteiger partial charge < -0.3 is 19.7 Å². The van der Waals surface area contributed by atoms with E-state index in [0.29, 0.717) is 27.9 Å². The second kappa shape index (κ2) is 10.0. The lowest BCUT2D eigenvalue weighted by Crippen LogP contribution is -2.32. The predicted molar refractivity (Wildman–Crippen MR) is 113 cm³/mol. The molecule has 0 saturated heterocycles. The van der Waals surface area contributed by atoms with Crippen LogP contribution in [0.5, 0.6) is 5.75 Å². The largest absolute Gasteiger partial charge is 0.497 e. The van der Waals surface area contributed by atoms with Gasteiger partial charge in [-0.15, -0.1) is 10.2 Å². The van der Waals surface area contributed by atoms with Gasteiger partial charge in [0.25, 0.3) is 5.91 Å². The number of nitrogens with zero attached hydrogens (tertiary/aromatic N) is 3. The number of hydrogen-bond donors (Lipinski definition) is 2. The Labute approximate surface area is 178 Å². The third-order valence-corrected chi connectivity index (χ3v) is 5.47. The topological polar surface area (TPSA) is 106 Å². The van der Waals surface area contributed by atoms with Crippen molar-refractivity contribution in [3.63, 3.8) is 0 Å². The summed E-state index contributed by atoms with van der Waals surface area (Å²) in [6.45, 7) is -0.346. The lowest BCUT2D eigenvalue weighted by molar-refractivity contribution is 0.0911. The van der Waals surface area contributed by atoms with E-state index >= 15 is 0 Å². The van der Waals surface area contributed by atoms with Gasteiger partial charge in [-0.2, -0.15) is 0 Å². The maximum Gasteiger partial charge on any atom is 0.251 e. The number of benzene rings is 2. The number of carbonyl (C=O) groups is 2. The third kappa shape index (κ3) is 5.05. The van der Waals surface area contributed by atoms with Crippen LogP contribution < -0.4 is 10.1 Å². The molecule has 2 N–H and O–H groups in total. The van der Waals surface area contributed by atoms with Crippen LogP contribution in [-0.4, -0.2) is 51.0 Å². The number of amides is 1. The van der Waals surface area contributed by atoms with Crippen molar-refractivity contribution in [2.45, 2.75) is 11.2 Å². The van der Waals surface area contributed by atoms with Gasteiger partial charge in [0.1, 0.15) is 11.8 Å². The molecule has 0 aliphatic rings. The van der Waals surface area contributed by atoms with Crippen molar-refractivity contribution in [2.24, 2.45) is 7.05 Å². The standard InChI is InChI=1S/C21H22N4O4S/c1-25-19(17(12-26)22-20(28)15-8-10-16(29-2)11-9-15)23-24-21(25)30-13-18(27)14-6-4-3-5-7-14/h3-11,17,26H,12-13H2,1-2H3,(H,22,28). The zero-order valence-corrected chi connectivity index (χ0v) is 17.4. The minimum atomic E-state index is -0.740. The fourth-order valence-electron chi connectivity index (χ4n) is 2.77. The Morgan fingerprint density at radius 3 is 2.43 bits per heavy atom. The Hall–Kier alpha value is -3.17. The van der Waals surface area contributed by atoms with Gasteiger partial charge in [-0.25, -0.2) is 0 Å². The van der Waals surface area contributed by atoms with Crippen molar-refractivity contribution in [1.29, 1.82) is 0 Å². The van der Waals surface area contributed by atoms with Crippen LogP contribution in [0.3, 0.4) is 0 Å². The zero-order chi connectivity index (χ0) is 21.5. The van der Waals surface area contributed by atoms with E-state index in [9.17, 15) is 14.7 Å². The molecule has 156 valence electrons. The van der Waals surface area contributed by atoms with Crippen LogP contribution in [-0.2, 0) is 7.05 Å². The molecule has 0 fully saturated rings. The molecule has 30 heavy (non-hydrogen) atoms. The first kappa shape index (κ1) is 21.5. The molecule has 0 saturated carbocycles. The van der Waals surface area contributed by atoms with Crippen LogP contribution in [0.4, 0.5) is 0 Å². The summed E-state index contributed by atoms with van der Waals surface area (Å²) in [5, 5.41) is 21.2. The third-order valence-electron chi connectivity index (χ3n) is 4.45. The monoisotopic (exact) mass is 426 g/mol. The number of aliphatic hydroxyl groups is 1. The van der Waals surface area contributed by atoms with E-state index in [1.807, 2.05) is 18.2 Å². The number of aromatic nitrogens is 3. The molecule has 9 heteroatoms. The number of methoxy groups -OCH3 is 1. The van der Waals surface area contributed by atoms with Crippen LogP contribution in [0.25, 0.3) is 0 Å². The summed E-state index contributed by atoms with van der Waals surface area (Å²) in [5.41, 5.74) is 1.06. The zero-order valence-electron chi connectivity index (χ0n) is 16.6. The SMILES string of the molecule is COc1ccc(C(=O)NC(CO)c2nnc(SCC(=O)c3ccccc3)n2C)cc1. The van der Waals surface area contributed by atoms with Crippen molar-refractivity contribution >= 4 is 23.5 Å². The smallest absolute Gasteiger partial charge is 0.251 e. The van der Waals surface area contributed by atoms with Crippen molar-refractivity contribution < 1.29 is 19.4 Å². The molecule has 0 bridgehead atoms. The fraction of sp³-hybridized carbons (Fsp3) is 0.238. The number of ether oxygens (including phenoxy) is 1. The van der Waals surface area contributed by atoms with Crippen molar-refractivity contribution in [1.82, 2.24) is 20.1 Å². The molecule has 1 aromatic heterocycles. The first-order valence-electron chi connectivity index (χ1n) is 9.19. The summed E-state index contributed by atoms with van der Waals surface area (Å²) in [6.07, 6.45) is 0. The molecule has 3 aromatic rings. The molecule has 0 radical (unpaired) electrons. The summed E-state index contributed by atoms with van der Waals surface area (Å²) in [6, 6.07) is 14.9. The first-order valence-corrected chi connectivity index (χ1v) is 10.2. The van der Waals surface area contributed by atoms with Crippen molar-refractivity contribution in [2.75, 3.05) is 19.5 Å². The quantitative estimate of drug-likeness (QED) is 0.399. The summed E-state index contributed by atoms with van der Waals surface area (Å²) in [5.74, 6) is 0.877. The molecule has 1 atom stereocenters. The minimum Gasteiger partial charge on any atom is -0.497 e. The molecule has 0 spiro atoms. The number of thioether (sulfide) groups is 1. The van der Waals surface area contributed by atoms with E-state index in [-0.39, 0.29) is 24.1 Å². The first-order chi connectivity index (χ1) is 14.5. The highest BCUT2D eigenvalue weighted by molar-refractivity contribution is 7.99. The van der Waals surface area contributed by atoms with E-state index in [4.69, 9.17) is 4.74 Å². The molecule has 2 aromatic carbocycles. The Morgan fingerprint density at radius 1 is 1.10 bits per heavy atom. The highest BCUT2D eigenvalue weighted by Gasteiger charge is 2.22. The van der Waals surface area contributed by atoms with Gasteiger partial charge in [-0.05, 0) is 24.3 Å². The van der Waals surface area contributed by atoms with Crippen LogP contribution in [0.15, 0.2) is 59.8 Å². The van der Waals surface area contributed by atoms with Crippen LogP contribution in [0, 0.1) is 0 Å². The van der Waals surface area contributed by atoms with Gasteiger partial charge in [0, 0.05) is 18.2 Å². The molecule has 0 aliphatic carbocycles. The van der Waals surface area contributed by atoms with Crippen molar-refractivity contribution in [3.05, 3.63) is 71.5 Å². The van der Waals surface area contributed by atoms with E-state index in [1.54, 1.807) is 55.1 Å². The molecule has 0 aliphatic heterocycles. The second-order valence-corrected chi connectivity index (χ2v) is 7.36. The van der Waals surface area contributed by atoms with Gasteiger partial charge in [0.05, 0.1) is 19.5 Å². The second-order valence-electron chi connectivity index (χ2n) is 6.41. The van der Waals surface area contributed by atoms with Gasteiger partial charge in [0.15, 0.2) is 16.8 Å². The molecule has 1 heterocycles. The highest BCUT2D eigenvalue weighted by atomic mass is 32.2. The normalized spacial score (nSPS) is 11.7. The molecular formula is C21H22N4O4S. The number of hydrogen-bond acceptors (Lipinski definition) is 7. The molecule has 3 rings (SSSR count). The Bertz CT molecular complexity index is 1010. The van der Waals surface area contributed by atoms with Gasteiger partial charge in [0.2, 0.25) is 0 Å². The number of nitrogens with one attached hydrogen (secondary N) is 1. The molecule has 1 unspecified atom stereocenters. The molecule has 1 amide bonds. The number of carbonyl (C=O) groups excluding carboxylic acids is 2. The summed E-state index contributed by atoms with van der Waals surface area (Å²) in [4.78, 5) is 24.8. The van der Waals surface area contributed by atoms with Crippen LogP contribution >= 0.6 is 11.8 Å². The molecule has 8 nitrogen and oxygen atoms in total. The summed E-state index contributed by atoms with van der Waals surface area (Å²) >= 11 is 1.25. The van der Waals surface area contributed by atoms with Crippen LogP contribution in [0.2, 0.25) is 0 Å². The summed E-state index contributed by atoms with van der Waals surface area (Å²) in [7, 11) is 3.28. The highest BCUT2D eigenvalue weighted by Crippen LogP contribution is 2.21. The van der Waals surface area contributed by atoms with E-state index in [0.717, 1.165) is 0 Å². The lowest BCUT2D eigenvalue weighted by atomic mass is 10.2. The van der Waals surface area contributed by atoms with Crippen molar-refractivity contribution in [3.8, 4) is 5.75 Å². The summed E-state index contributed by atoms with van der Waals surface area (Å²) < 4.78 is 6.75.